The molecule has 18 heteroatoms. The zero-order valence-corrected chi connectivity index (χ0v) is 32.6. The van der Waals surface area contributed by atoms with Gasteiger partial charge in [-0.15, -0.1) is 0 Å². The van der Waals surface area contributed by atoms with E-state index in [1.165, 1.54) is 54.6 Å². The smallest absolute Gasteiger partial charge is 0.342 e. The lowest BCUT2D eigenvalue weighted by Gasteiger charge is -2.13. The third-order valence-electron chi connectivity index (χ3n) is 8.12. The first-order valence-corrected chi connectivity index (χ1v) is 18.7. The van der Waals surface area contributed by atoms with E-state index >= 15 is 0 Å². The van der Waals surface area contributed by atoms with Gasteiger partial charge in [0.25, 0.3) is 0 Å². The van der Waals surface area contributed by atoms with Crippen LogP contribution in [0.3, 0.4) is 0 Å². The largest absolute Gasteiger partial charge is 0.504 e. The van der Waals surface area contributed by atoms with Crippen molar-refractivity contribution in [3.05, 3.63) is 106 Å². The van der Waals surface area contributed by atoms with E-state index in [2.05, 4.69) is 0 Å². The summed E-state index contributed by atoms with van der Waals surface area (Å²) in [6, 6.07) is 17.7. The molecule has 0 spiro atoms. The third kappa shape index (κ3) is 15.6. The van der Waals surface area contributed by atoms with Crippen LogP contribution in [0.2, 0.25) is 0 Å². The van der Waals surface area contributed by atoms with Crippen molar-refractivity contribution < 1.29 is 87.7 Å². The first-order valence-electron chi connectivity index (χ1n) is 18.7. The fourth-order valence-electron chi connectivity index (χ4n) is 5.22. The minimum Gasteiger partial charge on any atom is -0.504 e. The van der Waals surface area contributed by atoms with Crippen LogP contribution in [0, 0.1) is 0 Å². The highest BCUT2D eigenvalue weighted by molar-refractivity contribution is 5.94. The minimum absolute atomic E-state index is 0.0755. The quantitative estimate of drug-likeness (QED) is 0.0214. The Morgan fingerprint density at radius 2 is 0.600 bits per heavy atom. The molecule has 0 saturated carbocycles. The molecule has 0 heterocycles. The molecule has 0 aliphatic rings. The second-order valence-electron chi connectivity index (χ2n) is 12.6. The lowest BCUT2D eigenvalue weighted by molar-refractivity contribution is 0.0105. The van der Waals surface area contributed by atoms with E-state index in [0.29, 0.717) is 0 Å². The van der Waals surface area contributed by atoms with Gasteiger partial charge in [0.15, 0.2) is 34.5 Å². The van der Waals surface area contributed by atoms with Crippen LogP contribution in [0.5, 0.6) is 34.5 Å². The number of carbonyl (C=O) groups is 3. The third-order valence-corrected chi connectivity index (χ3v) is 8.12. The van der Waals surface area contributed by atoms with E-state index in [4.69, 9.17) is 42.6 Å². The van der Waals surface area contributed by atoms with Crippen molar-refractivity contribution in [1.82, 2.24) is 0 Å². The number of phenolic OH excluding ortho intramolecular Hbond substituents is 6. The fraction of sp³-hybridized carbons (Fsp3) is 0.357. The minimum atomic E-state index is -0.799. The molecule has 0 fully saturated rings. The number of benzene rings is 4. The van der Waals surface area contributed by atoms with Crippen molar-refractivity contribution in [3.63, 3.8) is 0 Å². The Bertz CT molecular complexity index is 1750. The van der Waals surface area contributed by atoms with Gasteiger partial charge in [0, 0.05) is 0 Å². The Hall–Kier alpha value is -6.15. The number of hydrogen-bond acceptors (Lipinski definition) is 18. The summed E-state index contributed by atoms with van der Waals surface area (Å²) in [5, 5.41) is 58.1. The van der Waals surface area contributed by atoms with E-state index in [1.807, 2.05) is 18.2 Å². The summed E-state index contributed by atoms with van der Waals surface area (Å²) in [6.45, 7) is 2.07. The Kier molecular flexibility index (Phi) is 19.7. The zero-order valence-electron chi connectivity index (χ0n) is 32.6. The molecule has 4 aromatic carbocycles. The summed E-state index contributed by atoms with van der Waals surface area (Å²) in [5.74, 6) is -5.36. The molecular formula is C42H48O18. The molecule has 0 saturated heterocycles. The molecule has 18 nitrogen and oxygen atoms in total. The van der Waals surface area contributed by atoms with Crippen molar-refractivity contribution in [2.75, 3.05) is 79.3 Å². The zero-order chi connectivity index (χ0) is 43.1. The highest BCUT2D eigenvalue weighted by atomic mass is 16.6. The molecule has 0 radical (unpaired) electrons. The summed E-state index contributed by atoms with van der Waals surface area (Å²) in [7, 11) is 0. The van der Waals surface area contributed by atoms with E-state index < -0.39 is 52.4 Å². The molecule has 6 N–H and O–H groups in total. The van der Waals surface area contributed by atoms with Crippen molar-refractivity contribution in [2.45, 2.75) is 19.8 Å². The highest BCUT2D eigenvalue weighted by Crippen LogP contribution is 2.30. The molecular weight excluding hydrogens is 792 g/mol. The number of hydrogen-bond donors (Lipinski definition) is 6. The van der Waals surface area contributed by atoms with Crippen molar-refractivity contribution in [1.29, 1.82) is 0 Å². The maximum Gasteiger partial charge on any atom is 0.342 e. The van der Waals surface area contributed by atoms with Crippen molar-refractivity contribution in [2.24, 2.45) is 0 Å². The summed E-state index contributed by atoms with van der Waals surface area (Å²) in [5.41, 5.74) is 2.03. The molecule has 60 heavy (non-hydrogen) atoms. The van der Waals surface area contributed by atoms with Crippen LogP contribution in [0.25, 0.3) is 0 Å². The van der Waals surface area contributed by atoms with E-state index in [0.717, 1.165) is 16.7 Å². The van der Waals surface area contributed by atoms with Crippen LogP contribution in [0.4, 0.5) is 0 Å². The standard InChI is InChI=1S/C42H48O18/c43-34-7-1-4-31(37(34)46)40(49)58-19-16-52-10-13-55-25-28-22-29(26-56-14-11-53-17-20-59-41(50)32-5-2-8-35(44)38(32)47)24-30(23-28)27-57-15-12-54-18-21-60-42(51)33-6-3-9-36(45)39(33)48/h1-9,22-24,43-48H,10-21,25-27H2. The number of aromatic hydroxyl groups is 6. The Balaban J connectivity index is 1.15. The molecule has 0 aromatic heterocycles. The topological polar surface area (TPSA) is 256 Å². The van der Waals surface area contributed by atoms with Crippen LogP contribution in [-0.2, 0) is 62.5 Å². The highest BCUT2D eigenvalue weighted by Gasteiger charge is 2.17. The lowest BCUT2D eigenvalue weighted by atomic mass is 10.1. The molecule has 324 valence electrons. The Labute approximate surface area is 344 Å². The van der Waals surface area contributed by atoms with Crippen LogP contribution in [-0.4, -0.2) is 128 Å². The van der Waals surface area contributed by atoms with Crippen LogP contribution in [0.1, 0.15) is 47.8 Å². The van der Waals surface area contributed by atoms with Crippen LogP contribution < -0.4 is 0 Å². The predicted molar refractivity (Wildman–Crippen MR) is 208 cm³/mol. The molecule has 0 atom stereocenters. The van der Waals surface area contributed by atoms with Gasteiger partial charge in [-0.2, -0.15) is 0 Å². The Morgan fingerprint density at radius 3 is 0.883 bits per heavy atom. The summed E-state index contributed by atoms with van der Waals surface area (Å²) < 4.78 is 49.0. The van der Waals surface area contributed by atoms with Gasteiger partial charge in [-0.05, 0) is 53.1 Å². The summed E-state index contributed by atoms with van der Waals surface area (Å²) >= 11 is 0. The SMILES string of the molecule is O=C(OCCOCCOCc1cc(COCCOCCOC(=O)c2cccc(O)c2O)cc(COCCOCCOC(=O)c2cccc(O)c2O)c1)c1cccc(O)c1O. The van der Waals surface area contributed by atoms with E-state index in [1.54, 1.807) is 0 Å². The van der Waals surface area contributed by atoms with Gasteiger partial charge in [-0.1, -0.05) is 36.4 Å². The van der Waals surface area contributed by atoms with Gasteiger partial charge in [-0.25, -0.2) is 14.4 Å². The number of rotatable bonds is 27. The predicted octanol–water partition coefficient (Wildman–Crippen LogP) is 4.09. The molecule has 0 unspecified atom stereocenters. The van der Waals surface area contributed by atoms with Gasteiger partial charge in [0.1, 0.15) is 36.5 Å². The number of esters is 3. The second-order valence-corrected chi connectivity index (χ2v) is 12.6. The molecule has 4 aromatic rings. The second kappa shape index (κ2) is 25.4. The number of carbonyl (C=O) groups excluding carboxylic acids is 3. The van der Waals surface area contributed by atoms with Crippen molar-refractivity contribution in [3.8, 4) is 34.5 Å². The lowest BCUT2D eigenvalue weighted by Crippen LogP contribution is -2.13. The number of ether oxygens (including phenoxy) is 9. The van der Waals surface area contributed by atoms with Gasteiger partial charge < -0.3 is 73.3 Å². The van der Waals surface area contributed by atoms with Crippen LogP contribution >= 0.6 is 0 Å². The maximum atomic E-state index is 12.1. The average molecular weight is 841 g/mol. The molecule has 0 aliphatic heterocycles. The summed E-state index contributed by atoms with van der Waals surface area (Å²) in [6.07, 6.45) is 0. The summed E-state index contributed by atoms with van der Waals surface area (Å²) in [4.78, 5) is 36.4. The molecule has 0 bridgehead atoms. The first kappa shape index (κ1) is 46.5. The van der Waals surface area contributed by atoms with Crippen molar-refractivity contribution >= 4 is 17.9 Å². The van der Waals surface area contributed by atoms with Gasteiger partial charge in [-0.3, -0.25) is 0 Å². The fourth-order valence-corrected chi connectivity index (χ4v) is 5.22. The first-order chi connectivity index (χ1) is 29.0. The number of phenols is 6. The molecule has 0 amide bonds. The van der Waals surface area contributed by atoms with E-state index in [-0.39, 0.29) is 116 Å². The monoisotopic (exact) mass is 840 g/mol. The average Bonchev–Trinajstić information content (AvgIpc) is 3.23. The van der Waals surface area contributed by atoms with E-state index in [9.17, 15) is 45.0 Å². The van der Waals surface area contributed by atoms with Gasteiger partial charge >= 0.3 is 17.9 Å². The molecule has 4 rings (SSSR count). The Morgan fingerprint density at radius 1 is 0.350 bits per heavy atom. The van der Waals surface area contributed by atoms with Gasteiger partial charge in [0.2, 0.25) is 0 Å². The van der Waals surface area contributed by atoms with Gasteiger partial charge in [0.05, 0.1) is 79.3 Å². The normalized spacial score (nSPS) is 11.0. The molecule has 0 aliphatic carbocycles. The van der Waals surface area contributed by atoms with Crippen LogP contribution in [0.15, 0.2) is 72.8 Å². The number of para-hydroxylation sites is 3. The maximum absolute atomic E-state index is 12.1.